The predicted molar refractivity (Wildman–Crippen MR) is 80.7 cm³/mol. The van der Waals surface area contributed by atoms with E-state index in [1.165, 1.54) is 0 Å². The zero-order valence-electron chi connectivity index (χ0n) is 11.0. The lowest BCUT2D eigenvalue weighted by atomic mass is 10.1. The number of rotatable bonds is 4. The fourth-order valence-corrected chi connectivity index (χ4v) is 2.20. The van der Waals surface area contributed by atoms with Crippen molar-refractivity contribution in [2.75, 3.05) is 0 Å². The van der Waals surface area contributed by atoms with E-state index in [4.69, 9.17) is 5.73 Å². The van der Waals surface area contributed by atoms with Gasteiger partial charge in [0, 0.05) is 4.88 Å². The number of nitrogens with two attached hydrogens (primary N) is 1. The van der Waals surface area contributed by atoms with Crippen LogP contribution in [0.5, 0.6) is 0 Å². The lowest BCUT2D eigenvalue weighted by Crippen LogP contribution is -2.43. The molecule has 1 amide bonds. The Kier molecular flexibility index (Phi) is 9.64. The predicted octanol–water partition coefficient (Wildman–Crippen LogP) is 2.20. The van der Waals surface area contributed by atoms with E-state index in [9.17, 15) is 4.79 Å². The van der Waals surface area contributed by atoms with Crippen LogP contribution in [0, 0.1) is 19.8 Å². The van der Waals surface area contributed by atoms with Crippen molar-refractivity contribution in [3.05, 3.63) is 15.6 Å². The Bertz CT molecular complexity index is 382. The normalized spacial score (nSPS) is 11.4. The van der Waals surface area contributed by atoms with Crippen LogP contribution in [0.25, 0.3) is 0 Å². The third-order valence-corrected chi connectivity index (χ3v) is 3.52. The summed E-state index contributed by atoms with van der Waals surface area (Å²) in [7, 11) is 0. The highest BCUT2D eigenvalue weighted by Gasteiger charge is 2.17. The smallest absolute Gasteiger partial charge is 0.237 e. The first kappa shape index (κ1) is 20.0. The molecule has 0 radical (unpaired) electrons. The first-order valence-corrected chi connectivity index (χ1v) is 6.19. The van der Waals surface area contributed by atoms with E-state index in [1.807, 2.05) is 27.7 Å². The molecule has 0 aliphatic heterocycles. The van der Waals surface area contributed by atoms with Gasteiger partial charge in [-0.1, -0.05) is 13.8 Å². The van der Waals surface area contributed by atoms with Crippen LogP contribution in [-0.2, 0) is 11.3 Å². The molecule has 1 heterocycles. The Morgan fingerprint density at radius 2 is 1.94 bits per heavy atom. The van der Waals surface area contributed by atoms with Crippen LogP contribution in [-0.4, -0.2) is 16.9 Å². The Labute approximate surface area is 125 Å². The molecule has 0 aromatic carbocycles. The molecule has 7 heteroatoms. The molecular formula is C11H21Cl2N3OS. The second-order valence-corrected chi connectivity index (χ2v) is 5.52. The van der Waals surface area contributed by atoms with Gasteiger partial charge in [-0.15, -0.1) is 36.2 Å². The van der Waals surface area contributed by atoms with Crippen molar-refractivity contribution < 1.29 is 4.79 Å². The van der Waals surface area contributed by atoms with Crippen molar-refractivity contribution in [1.82, 2.24) is 10.3 Å². The van der Waals surface area contributed by atoms with E-state index in [0.29, 0.717) is 6.54 Å². The first-order valence-electron chi connectivity index (χ1n) is 5.38. The van der Waals surface area contributed by atoms with E-state index in [-0.39, 0.29) is 36.6 Å². The zero-order chi connectivity index (χ0) is 12.3. The fraction of sp³-hybridized carbons (Fsp3) is 0.636. The van der Waals surface area contributed by atoms with Crippen LogP contribution < -0.4 is 11.1 Å². The number of aryl methyl sites for hydroxylation is 2. The van der Waals surface area contributed by atoms with Crippen molar-refractivity contribution in [3.8, 4) is 0 Å². The summed E-state index contributed by atoms with van der Waals surface area (Å²) in [5, 5.41) is 3.86. The number of nitrogens with one attached hydrogen (secondary N) is 1. The number of carbonyl (C=O) groups excluding carboxylic acids is 1. The van der Waals surface area contributed by atoms with E-state index in [0.717, 1.165) is 15.6 Å². The molecule has 0 aliphatic carbocycles. The summed E-state index contributed by atoms with van der Waals surface area (Å²) in [4.78, 5) is 17.0. The zero-order valence-corrected chi connectivity index (χ0v) is 13.5. The van der Waals surface area contributed by atoms with Crippen LogP contribution in [0.2, 0.25) is 0 Å². The number of thiazole rings is 1. The Morgan fingerprint density at radius 3 is 2.33 bits per heavy atom. The number of hydrogen-bond donors (Lipinski definition) is 2. The molecule has 0 saturated carbocycles. The lowest BCUT2D eigenvalue weighted by Gasteiger charge is -2.14. The molecule has 4 nitrogen and oxygen atoms in total. The number of carbonyl (C=O) groups is 1. The first-order chi connectivity index (χ1) is 7.41. The number of aromatic nitrogens is 1. The number of nitrogens with zero attached hydrogens (tertiary/aromatic N) is 1. The minimum Gasteiger partial charge on any atom is -0.350 e. The van der Waals surface area contributed by atoms with Crippen molar-refractivity contribution in [3.63, 3.8) is 0 Å². The van der Waals surface area contributed by atoms with Gasteiger partial charge >= 0.3 is 0 Å². The number of amides is 1. The Morgan fingerprint density at radius 1 is 1.39 bits per heavy atom. The summed E-state index contributed by atoms with van der Waals surface area (Å²) >= 11 is 1.61. The molecule has 106 valence electrons. The van der Waals surface area contributed by atoms with Crippen molar-refractivity contribution in [2.24, 2.45) is 11.7 Å². The number of halogens is 2. The van der Waals surface area contributed by atoms with E-state index < -0.39 is 6.04 Å². The van der Waals surface area contributed by atoms with Crippen LogP contribution in [0.1, 0.15) is 29.4 Å². The topological polar surface area (TPSA) is 68.0 Å². The molecule has 1 rings (SSSR count). The van der Waals surface area contributed by atoms with Gasteiger partial charge in [-0.2, -0.15) is 0 Å². The largest absolute Gasteiger partial charge is 0.350 e. The minimum atomic E-state index is -0.436. The van der Waals surface area contributed by atoms with Crippen LogP contribution >= 0.6 is 36.2 Å². The standard InChI is InChI=1S/C11H19N3OS.2ClH/c1-6(2)10(12)11(15)13-5-9-7(3)14-8(4)16-9;;/h6,10H,5,12H2,1-4H3,(H,13,15);2*1H. The molecule has 0 bridgehead atoms. The maximum Gasteiger partial charge on any atom is 0.237 e. The summed E-state index contributed by atoms with van der Waals surface area (Å²) in [5.74, 6) is 0.0600. The van der Waals surface area contributed by atoms with E-state index >= 15 is 0 Å². The third kappa shape index (κ3) is 5.52. The number of hydrogen-bond acceptors (Lipinski definition) is 4. The van der Waals surface area contributed by atoms with Crippen LogP contribution in [0.4, 0.5) is 0 Å². The Hall–Kier alpha value is -0.360. The average molecular weight is 314 g/mol. The SMILES string of the molecule is Cc1nc(C)c(CNC(=O)C(N)C(C)C)s1.Cl.Cl. The average Bonchev–Trinajstić information content (AvgIpc) is 2.52. The molecular weight excluding hydrogens is 293 g/mol. The van der Waals surface area contributed by atoms with Gasteiger partial charge < -0.3 is 11.1 Å². The van der Waals surface area contributed by atoms with Gasteiger partial charge in [0.05, 0.1) is 23.3 Å². The monoisotopic (exact) mass is 313 g/mol. The summed E-state index contributed by atoms with van der Waals surface area (Å²) < 4.78 is 0. The minimum absolute atomic E-state index is 0. The highest BCUT2D eigenvalue weighted by molar-refractivity contribution is 7.11. The molecule has 1 atom stereocenters. The van der Waals surface area contributed by atoms with E-state index in [1.54, 1.807) is 11.3 Å². The quantitative estimate of drug-likeness (QED) is 0.895. The fourth-order valence-electron chi connectivity index (χ4n) is 1.33. The molecule has 0 fully saturated rings. The van der Waals surface area contributed by atoms with Gasteiger partial charge in [-0.3, -0.25) is 4.79 Å². The maximum absolute atomic E-state index is 11.6. The van der Waals surface area contributed by atoms with Gasteiger partial charge in [0.1, 0.15) is 0 Å². The molecule has 1 unspecified atom stereocenters. The lowest BCUT2D eigenvalue weighted by molar-refractivity contribution is -0.123. The van der Waals surface area contributed by atoms with Gasteiger partial charge in [0.15, 0.2) is 0 Å². The van der Waals surface area contributed by atoms with Gasteiger partial charge in [-0.05, 0) is 19.8 Å². The molecule has 0 aliphatic rings. The van der Waals surface area contributed by atoms with Crippen molar-refractivity contribution in [1.29, 1.82) is 0 Å². The molecule has 0 spiro atoms. The second kappa shape index (κ2) is 8.69. The third-order valence-electron chi connectivity index (χ3n) is 2.44. The van der Waals surface area contributed by atoms with Gasteiger partial charge in [0.2, 0.25) is 5.91 Å². The Balaban J connectivity index is 0. The summed E-state index contributed by atoms with van der Waals surface area (Å²) in [6, 6.07) is -0.436. The van der Waals surface area contributed by atoms with Gasteiger partial charge in [0.25, 0.3) is 0 Å². The molecule has 18 heavy (non-hydrogen) atoms. The van der Waals surface area contributed by atoms with Crippen LogP contribution in [0.15, 0.2) is 0 Å². The van der Waals surface area contributed by atoms with Crippen molar-refractivity contribution >= 4 is 42.1 Å². The second-order valence-electron chi connectivity index (χ2n) is 4.23. The van der Waals surface area contributed by atoms with Crippen LogP contribution in [0.3, 0.4) is 0 Å². The molecule has 3 N–H and O–H groups in total. The highest BCUT2D eigenvalue weighted by Crippen LogP contribution is 2.16. The molecule has 1 aromatic rings. The highest BCUT2D eigenvalue weighted by atomic mass is 35.5. The van der Waals surface area contributed by atoms with Crippen molar-refractivity contribution in [2.45, 2.75) is 40.3 Å². The van der Waals surface area contributed by atoms with E-state index in [2.05, 4.69) is 10.3 Å². The summed E-state index contributed by atoms with van der Waals surface area (Å²) in [5.41, 5.74) is 6.73. The summed E-state index contributed by atoms with van der Waals surface area (Å²) in [6.07, 6.45) is 0. The molecule has 0 saturated heterocycles. The molecule has 1 aromatic heterocycles. The van der Waals surface area contributed by atoms with Gasteiger partial charge in [-0.25, -0.2) is 4.98 Å². The maximum atomic E-state index is 11.6. The summed E-state index contributed by atoms with van der Waals surface area (Å²) in [6.45, 7) is 8.31.